The Hall–Kier alpha value is -2.08. The molecule has 0 saturated heterocycles. The molecule has 0 radical (unpaired) electrons. The number of benzene rings is 1. The van der Waals surface area contributed by atoms with Crippen LogP contribution in [0.4, 0.5) is 0 Å². The van der Waals surface area contributed by atoms with Crippen LogP contribution in [-0.4, -0.2) is 23.0 Å². The molecule has 126 valence electrons. The summed E-state index contributed by atoms with van der Waals surface area (Å²) in [6.45, 7) is 1.71. The summed E-state index contributed by atoms with van der Waals surface area (Å²) in [5.41, 5.74) is 0.966. The average Bonchev–Trinajstić information content (AvgIpc) is 2.80. The average molecular weight is 343 g/mol. The van der Waals surface area contributed by atoms with Gasteiger partial charge in [-0.1, -0.05) is 31.5 Å². The fraction of sp³-hybridized carbons (Fsp3) is 0.438. The van der Waals surface area contributed by atoms with Gasteiger partial charge < -0.3 is 14.6 Å². The fourth-order valence-electron chi connectivity index (χ4n) is 2.27. The molecule has 0 aromatic heterocycles. The minimum Gasteiger partial charge on any atom is -0.481 e. The lowest BCUT2D eigenvalue weighted by atomic mass is 10.0. The number of carboxylic acids is 1. The van der Waals surface area contributed by atoms with Gasteiger partial charge in [0.1, 0.15) is 0 Å². The van der Waals surface area contributed by atoms with Gasteiger partial charge in [0.15, 0.2) is 0 Å². The van der Waals surface area contributed by atoms with E-state index in [4.69, 9.17) is 14.6 Å². The number of fused-ring (bicyclic) bond motifs is 1. The van der Waals surface area contributed by atoms with E-state index >= 15 is 0 Å². The number of hydrogen-bond donors (Lipinski definition) is 1. The zero-order valence-corrected chi connectivity index (χ0v) is 13.5. The van der Waals surface area contributed by atoms with Crippen LogP contribution in [0, 0.1) is 5.92 Å². The second-order valence-electron chi connectivity index (χ2n) is 5.30. The third-order valence-electron chi connectivity index (χ3n) is 3.55. The molecule has 1 aliphatic heterocycles. The van der Waals surface area contributed by atoms with Gasteiger partial charge in [0.25, 0.3) is 6.29 Å². The van der Waals surface area contributed by atoms with Gasteiger partial charge in [-0.2, -0.15) is 0 Å². The van der Waals surface area contributed by atoms with Gasteiger partial charge >= 0.3 is 17.9 Å². The van der Waals surface area contributed by atoms with E-state index in [1.54, 1.807) is 31.2 Å². The van der Waals surface area contributed by atoms with Gasteiger partial charge in [0, 0.05) is 12.0 Å². The summed E-state index contributed by atoms with van der Waals surface area (Å²) in [6, 6.07) is 6.78. The van der Waals surface area contributed by atoms with Crippen molar-refractivity contribution in [1.29, 1.82) is 0 Å². The van der Waals surface area contributed by atoms with Crippen molar-refractivity contribution in [1.82, 2.24) is 0 Å². The third-order valence-corrected chi connectivity index (χ3v) is 3.55. The molecule has 6 nitrogen and oxygen atoms in total. The van der Waals surface area contributed by atoms with Crippen LogP contribution in [0.3, 0.4) is 0 Å². The largest absolute Gasteiger partial charge is 0.481 e. The smallest absolute Gasteiger partial charge is 0.342 e. The highest BCUT2D eigenvalue weighted by molar-refractivity contribution is 5.94. The number of carboxylic acid groups (broad SMARTS) is 1. The first-order chi connectivity index (χ1) is 10.5. The van der Waals surface area contributed by atoms with E-state index in [1.165, 1.54) is 0 Å². The molecule has 0 amide bonds. The first-order valence-electron chi connectivity index (χ1n) is 7.21. The number of esters is 2. The lowest BCUT2D eigenvalue weighted by Crippen LogP contribution is -2.18. The predicted octanol–water partition coefficient (Wildman–Crippen LogP) is 3.10. The molecule has 23 heavy (non-hydrogen) atoms. The van der Waals surface area contributed by atoms with Gasteiger partial charge in [-0.05, 0) is 18.9 Å². The maximum Gasteiger partial charge on any atom is 0.342 e. The van der Waals surface area contributed by atoms with Crippen molar-refractivity contribution in [2.75, 3.05) is 0 Å². The summed E-state index contributed by atoms with van der Waals surface area (Å²) in [6.07, 6.45) is 0.791. The van der Waals surface area contributed by atoms with Crippen molar-refractivity contribution < 1.29 is 29.0 Å². The summed E-state index contributed by atoms with van der Waals surface area (Å²) in [5, 5.41) is 8.56. The molecule has 7 heteroatoms. The number of halogens is 1. The van der Waals surface area contributed by atoms with Gasteiger partial charge in [-0.15, -0.1) is 12.4 Å². The molecule has 2 atom stereocenters. The third kappa shape index (κ3) is 4.96. The van der Waals surface area contributed by atoms with Crippen LogP contribution < -0.4 is 0 Å². The highest BCUT2D eigenvalue weighted by Crippen LogP contribution is 2.32. The molecular weight excluding hydrogens is 324 g/mol. The number of carbonyl (C=O) groups is 3. The van der Waals surface area contributed by atoms with E-state index in [1.807, 2.05) is 0 Å². The molecule has 1 aromatic carbocycles. The first-order valence-corrected chi connectivity index (χ1v) is 7.21. The Morgan fingerprint density at radius 3 is 2.70 bits per heavy atom. The van der Waals surface area contributed by atoms with Gasteiger partial charge in [0.2, 0.25) is 0 Å². The van der Waals surface area contributed by atoms with E-state index in [-0.39, 0.29) is 24.7 Å². The summed E-state index contributed by atoms with van der Waals surface area (Å²) in [7, 11) is 0. The highest BCUT2D eigenvalue weighted by atomic mass is 35.5. The molecular formula is C16H19ClO6. The monoisotopic (exact) mass is 342 g/mol. The molecule has 0 saturated carbocycles. The zero-order valence-electron chi connectivity index (χ0n) is 12.7. The van der Waals surface area contributed by atoms with Crippen LogP contribution in [-0.2, 0) is 19.1 Å². The fourth-order valence-corrected chi connectivity index (χ4v) is 2.27. The van der Waals surface area contributed by atoms with Crippen molar-refractivity contribution in [2.45, 2.75) is 38.9 Å². The van der Waals surface area contributed by atoms with Crippen LogP contribution in [0.2, 0.25) is 0 Å². The van der Waals surface area contributed by atoms with Crippen molar-refractivity contribution in [3.8, 4) is 0 Å². The Bertz CT molecular complexity index is 586. The number of cyclic esters (lactones) is 1. The Morgan fingerprint density at radius 1 is 1.30 bits per heavy atom. The second kappa shape index (κ2) is 8.53. The number of carbonyl (C=O) groups excluding carboxylic acids is 2. The minimum atomic E-state index is -0.988. The maximum absolute atomic E-state index is 12.0. The Kier molecular flexibility index (Phi) is 7.03. The van der Waals surface area contributed by atoms with Crippen molar-refractivity contribution in [3.63, 3.8) is 0 Å². The van der Waals surface area contributed by atoms with Crippen LogP contribution in [0.25, 0.3) is 0 Å². The first kappa shape index (κ1) is 19.0. The molecule has 0 aliphatic carbocycles. The van der Waals surface area contributed by atoms with Crippen molar-refractivity contribution in [2.24, 2.45) is 5.92 Å². The summed E-state index contributed by atoms with van der Waals surface area (Å²) >= 11 is 0. The number of unbranched alkanes of at least 4 members (excludes halogenated alkanes) is 1. The van der Waals surface area contributed by atoms with Crippen molar-refractivity contribution >= 4 is 30.3 Å². The minimum absolute atomic E-state index is 0. The van der Waals surface area contributed by atoms with E-state index < -0.39 is 24.2 Å². The molecule has 0 spiro atoms. The topological polar surface area (TPSA) is 89.9 Å². The van der Waals surface area contributed by atoms with Crippen LogP contribution in [0.15, 0.2) is 24.3 Å². The SMILES string of the molecule is CC(CCCCC(=O)O)C(=O)OC1OC(=O)c2ccccc21.Cl. The number of aliphatic carboxylic acids is 1. The lowest BCUT2D eigenvalue weighted by molar-refractivity contribution is -0.172. The predicted molar refractivity (Wildman–Crippen MR) is 83.2 cm³/mol. The second-order valence-corrected chi connectivity index (χ2v) is 5.30. The van der Waals surface area contributed by atoms with Gasteiger partial charge in [0.05, 0.1) is 11.5 Å². The standard InChI is InChI=1S/C16H18O6.ClH/c1-10(6-2-5-9-13(17)18)14(19)21-16-12-8-4-3-7-11(12)15(20)22-16;/h3-4,7-8,10,16H,2,5-6,9H2,1H3,(H,17,18);1H. The normalized spacial score (nSPS) is 16.7. The summed E-state index contributed by atoms with van der Waals surface area (Å²) in [4.78, 5) is 34.1. The van der Waals surface area contributed by atoms with E-state index in [0.29, 0.717) is 30.4 Å². The molecule has 0 bridgehead atoms. The van der Waals surface area contributed by atoms with Crippen LogP contribution >= 0.6 is 12.4 Å². The molecule has 1 aliphatic rings. The summed E-state index contributed by atoms with van der Waals surface area (Å²) in [5.74, 6) is -2.17. The van der Waals surface area contributed by atoms with E-state index in [2.05, 4.69) is 0 Å². The molecule has 0 fully saturated rings. The summed E-state index contributed by atoms with van der Waals surface area (Å²) < 4.78 is 10.3. The Labute approximate surface area is 140 Å². The van der Waals surface area contributed by atoms with Gasteiger partial charge in [-0.3, -0.25) is 9.59 Å². The molecule has 2 unspecified atom stereocenters. The quantitative estimate of drug-likeness (QED) is 0.605. The molecule has 2 rings (SSSR count). The van der Waals surface area contributed by atoms with Gasteiger partial charge in [-0.25, -0.2) is 4.79 Å². The lowest BCUT2D eigenvalue weighted by Gasteiger charge is -2.15. The van der Waals surface area contributed by atoms with Crippen LogP contribution in [0.5, 0.6) is 0 Å². The molecule has 1 aromatic rings. The number of hydrogen-bond acceptors (Lipinski definition) is 5. The Balaban J connectivity index is 0.00000264. The number of rotatable bonds is 7. The maximum atomic E-state index is 12.0. The molecule has 1 heterocycles. The Morgan fingerprint density at radius 2 is 2.00 bits per heavy atom. The molecule has 1 N–H and O–H groups in total. The van der Waals surface area contributed by atoms with Crippen LogP contribution in [0.1, 0.15) is 54.8 Å². The zero-order chi connectivity index (χ0) is 16.1. The highest BCUT2D eigenvalue weighted by Gasteiger charge is 2.34. The van der Waals surface area contributed by atoms with E-state index in [9.17, 15) is 14.4 Å². The van der Waals surface area contributed by atoms with Crippen molar-refractivity contribution in [3.05, 3.63) is 35.4 Å². The van der Waals surface area contributed by atoms with E-state index in [0.717, 1.165) is 0 Å². The number of ether oxygens (including phenoxy) is 2.